The number of hydrogen-bond acceptors (Lipinski definition) is 3. The average molecular weight is 282 g/mol. The minimum Gasteiger partial charge on any atom is -0.298 e. The molecule has 0 radical (unpaired) electrons. The Morgan fingerprint density at radius 1 is 1.48 bits per heavy atom. The van der Waals surface area contributed by atoms with Crippen LogP contribution in [0.4, 0.5) is 0 Å². The highest BCUT2D eigenvalue weighted by atomic mass is 16.2. The summed E-state index contributed by atoms with van der Waals surface area (Å²) in [6, 6.07) is 8.76. The third-order valence-corrected chi connectivity index (χ3v) is 3.67. The molecule has 1 aliphatic rings. The Balaban J connectivity index is 2.29. The molecule has 1 atom stereocenters. The van der Waals surface area contributed by atoms with E-state index in [4.69, 9.17) is 6.42 Å². The molecule has 0 saturated carbocycles. The molecule has 0 bridgehead atoms. The number of benzene rings is 1. The minimum absolute atomic E-state index is 0.204. The lowest BCUT2D eigenvalue weighted by molar-refractivity contribution is -0.142. The number of terminal acetylenes is 1. The molecular weight excluding hydrogens is 264 g/mol. The maximum Gasteiger partial charge on any atom is 0.261 e. The number of imide groups is 1. The summed E-state index contributed by atoms with van der Waals surface area (Å²) in [5.41, 5.74) is -0.290. The van der Waals surface area contributed by atoms with Crippen LogP contribution in [0.2, 0.25) is 0 Å². The van der Waals surface area contributed by atoms with Crippen molar-refractivity contribution in [3.05, 3.63) is 48.6 Å². The first-order chi connectivity index (χ1) is 10.1. The van der Waals surface area contributed by atoms with Crippen LogP contribution in [0.5, 0.6) is 0 Å². The van der Waals surface area contributed by atoms with Gasteiger partial charge >= 0.3 is 0 Å². The monoisotopic (exact) mass is 282 g/mol. The van der Waals surface area contributed by atoms with Crippen LogP contribution in [0.1, 0.15) is 23.2 Å². The molecule has 1 saturated heterocycles. The largest absolute Gasteiger partial charge is 0.298 e. The fourth-order valence-electron chi connectivity index (χ4n) is 2.58. The van der Waals surface area contributed by atoms with E-state index in [-0.39, 0.29) is 24.9 Å². The van der Waals surface area contributed by atoms with Crippen LogP contribution in [0.25, 0.3) is 0 Å². The molecule has 4 heteroatoms. The summed E-state index contributed by atoms with van der Waals surface area (Å²) in [6.45, 7) is 4.36. The molecule has 0 spiro atoms. The van der Waals surface area contributed by atoms with Crippen molar-refractivity contribution in [2.45, 2.75) is 12.8 Å². The second kappa shape index (κ2) is 6.38. The first-order valence-corrected chi connectivity index (χ1v) is 6.81. The Morgan fingerprint density at radius 2 is 2.19 bits per heavy atom. The molecule has 2 rings (SSSR count). The van der Waals surface area contributed by atoms with Crippen molar-refractivity contribution in [1.82, 2.24) is 10.2 Å². The fourth-order valence-corrected chi connectivity index (χ4v) is 2.58. The van der Waals surface area contributed by atoms with Crippen LogP contribution < -0.4 is 5.32 Å². The minimum atomic E-state index is -0.779. The van der Waals surface area contributed by atoms with E-state index in [2.05, 4.69) is 17.8 Å². The van der Waals surface area contributed by atoms with E-state index in [0.717, 1.165) is 0 Å². The Hall–Kier alpha value is -2.38. The van der Waals surface area contributed by atoms with Gasteiger partial charge in [-0.05, 0) is 18.6 Å². The summed E-state index contributed by atoms with van der Waals surface area (Å²) in [5, 5.41) is 3.12. The topological polar surface area (TPSA) is 49.4 Å². The van der Waals surface area contributed by atoms with Gasteiger partial charge in [0, 0.05) is 18.5 Å². The molecule has 1 heterocycles. The molecule has 108 valence electrons. The van der Waals surface area contributed by atoms with Gasteiger partial charge in [0.05, 0.1) is 12.1 Å². The number of rotatable bonds is 4. The number of amides is 2. The lowest BCUT2D eigenvalue weighted by Crippen LogP contribution is -2.59. The smallest absolute Gasteiger partial charge is 0.261 e. The number of carbonyl (C=O) groups is 2. The van der Waals surface area contributed by atoms with Crippen molar-refractivity contribution >= 4 is 11.8 Å². The predicted molar refractivity (Wildman–Crippen MR) is 81.2 cm³/mol. The van der Waals surface area contributed by atoms with Gasteiger partial charge in [-0.2, -0.15) is 0 Å². The highest BCUT2D eigenvalue weighted by Gasteiger charge is 2.44. The van der Waals surface area contributed by atoms with Gasteiger partial charge in [0.15, 0.2) is 0 Å². The maximum atomic E-state index is 12.8. The van der Waals surface area contributed by atoms with Gasteiger partial charge in [0.1, 0.15) is 0 Å². The molecule has 2 amide bonds. The van der Waals surface area contributed by atoms with E-state index in [1.54, 1.807) is 30.3 Å². The second-order valence-electron chi connectivity index (χ2n) is 5.14. The highest BCUT2D eigenvalue weighted by molar-refractivity contribution is 6.06. The molecule has 0 unspecified atom stereocenters. The van der Waals surface area contributed by atoms with E-state index in [1.165, 1.54) is 4.90 Å². The van der Waals surface area contributed by atoms with Gasteiger partial charge in [0.2, 0.25) is 5.91 Å². The Kier molecular flexibility index (Phi) is 4.56. The van der Waals surface area contributed by atoms with Gasteiger partial charge in [0.25, 0.3) is 5.91 Å². The number of allylic oxidation sites excluding steroid dienone is 1. The zero-order valence-corrected chi connectivity index (χ0v) is 11.8. The Morgan fingerprint density at radius 3 is 2.81 bits per heavy atom. The zero-order valence-electron chi connectivity index (χ0n) is 11.8. The van der Waals surface area contributed by atoms with E-state index in [9.17, 15) is 9.59 Å². The van der Waals surface area contributed by atoms with Gasteiger partial charge in [-0.25, -0.2) is 0 Å². The third-order valence-electron chi connectivity index (χ3n) is 3.67. The quantitative estimate of drug-likeness (QED) is 0.520. The predicted octanol–water partition coefficient (Wildman–Crippen LogP) is 1.80. The molecule has 1 aromatic carbocycles. The van der Waals surface area contributed by atoms with Gasteiger partial charge in [-0.1, -0.05) is 24.3 Å². The maximum absolute atomic E-state index is 12.8. The van der Waals surface area contributed by atoms with Crippen LogP contribution in [-0.4, -0.2) is 29.9 Å². The van der Waals surface area contributed by atoms with Crippen molar-refractivity contribution in [2.24, 2.45) is 5.41 Å². The van der Waals surface area contributed by atoms with Crippen LogP contribution in [0.3, 0.4) is 0 Å². The van der Waals surface area contributed by atoms with Crippen LogP contribution in [-0.2, 0) is 4.79 Å². The van der Waals surface area contributed by atoms with Crippen molar-refractivity contribution in [3.63, 3.8) is 0 Å². The molecule has 1 aliphatic heterocycles. The van der Waals surface area contributed by atoms with Gasteiger partial charge in [-0.3, -0.25) is 19.8 Å². The number of carbonyl (C=O) groups excluding carboxylic acids is 2. The van der Waals surface area contributed by atoms with Crippen molar-refractivity contribution in [1.29, 1.82) is 0 Å². The third kappa shape index (κ3) is 2.88. The van der Waals surface area contributed by atoms with E-state index in [0.29, 0.717) is 18.5 Å². The molecular formula is C17H18N2O2. The summed E-state index contributed by atoms with van der Waals surface area (Å²) in [5.74, 6) is 2.01. The lowest BCUT2D eigenvalue weighted by Gasteiger charge is -2.39. The SMILES string of the molecule is C#CC[C@@]1(CC=C)CNCN(C(=O)c2ccccc2)C1=O. The number of hydrogen-bond donors (Lipinski definition) is 1. The molecule has 0 aromatic heterocycles. The van der Waals surface area contributed by atoms with Gasteiger partial charge < -0.3 is 0 Å². The van der Waals surface area contributed by atoms with E-state index >= 15 is 0 Å². The molecule has 1 fully saturated rings. The highest BCUT2D eigenvalue weighted by Crippen LogP contribution is 2.31. The summed E-state index contributed by atoms with van der Waals surface area (Å²) < 4.78 is 0. The van der Waals surface area contributed by atoms with Crippen LogP contribution in [0, 0.1) is 17.8 Å². The van der Waals surface area contributed by atoms with Crippen molar-refractivity contribution in [2.75, 3.05) is 13.2 Å². The Labute approximate surface area is 124 Å². The number of nitrogens with zero attached hydrogens (tertiary/aromatic N) is 1. The Bertz CT molecular complexity index is 589. The average Bonchev–Trinajstić information content (AvgIpc) is 2.51. The molecule has 0 aliphatic carbocycles. The van der Waals surface area contributed by atoms with Crippen LogP contribution >= 0.6 is 0 Å². The van der Waals surface area contributed by atoms with Crippen molar-refractivity contribution in [3.8, 4) is 12.3 Å². The first-order valence-electron chi connectivity index (χ1n) is 6.81. The van der Waals surface area contributed by atoms with Crippen molar-refractivity contribution < 1.29 is 9.59 Å². The zero-order chi connectivity index (χ0) is 15.3. The molecule has 4 nitrogen and oxygen atoms in total. The first kappa shape index (κ1) is 15.0. The fraction of sp³-hybridized carbons (Fsp3) is 0.294. The summed E-state index contributed by atoms with van der Waals surface area (Å²) in [7, 11) is 0. The molecule has 1 aromatic rings. The summed E-state index contributed by atoms with van der Waals surface area (Å²) in [6.07, 6.45) is 7.80. The molecule has 1 N–H and O–H groups in total. The normalized spacial score (nSPS) is 21.7. The standard InChI is InChI=1S/C17H18N2O2/c1-3-10-17(11-4-2)12-18-13-19(16(17)21)15(20)14-8-6-5-7-9-14/h1,4-9,18H,2,10-13H2/t17-/m1/s1. The van der Waals surface area contributed by atoms with Crippen LogP contribution in [0.15, 0.2) is 43.0 Å². The number of nitrogens with one attached hydrogen (secondary N) is 1. The lowest BCUT2D eigenvalue weighted by atomic mass is 9.78. The van der Waals surface area contributed by atoms with E-state index in [1.807, 2.05) is 6.07 Å². The summed E-state index contributed by atoms with van der Waals surface area (Å²) in [4.78, 5) is 26.5. The van der Waals surface area contributed by atoms with Gasteiger partial charge in [-0.15, -0.1) is 18.9 Å². The summed E-state index contributed by atoms with van der Waals surface area (Å²) >= 11 is 0. The molecule has 21 heavy (non-hydrogen) atoms. The second-order valence-corrected chi connectivity index (χ2v) is 5.14. The van der Waals surface area contributed by atoms with E-state index < -0.39 is 5.41 Å².